The van der Waals surface area contributed by atoms with Crippen molar-refractivity contribution in [2.24, 2.45) is 0 Å². The Balaban J connectivity index is 2.31. The summed E-state index contributed by atoms with van der Waals surface area (Å²) in [6.07, 6.45) is 3.22. The predicted molar refractivity (Wildman–Crippen MR) is 58.7 cm³/mol. The van der Waals surface area contributed by atoms with Gasteiger partial charge in [-0.3, -0.25) is 0 Å². The smallest absolute Gasteiger partial charge is 0.138 e. The number of nitrogens with zero attached hydrogens (tertiary/aromatic N) is 3. The molecule has 0 saturated carbocycles. The predicted octanol–water partition coefficient (Wildman–Crippen LogP) is 2.72. The largest absolute Gasteiger partial charge is 0.223 e. The van der Waals surface area contributed by atoms with E-state index in [-0.39, 0.29) is 0 Å². The van der Waals surface area contributed by atoms with Gasteiger partial charge in [0.05, 0.1) is 5.69 Å². The molecule has 1 aromatic heterocycles. The Morgan fingerprint density at radius 3 is 2.50 bits per heavy atom. The van der Waals surface area contributed by atoms with E-state index in [0.717, 1.165) is 5.69 Å². The Labute approximate surface area is 90.9 Å². The van der Waals surface area contributed by atoms with Gasteiger partial charge in [0, 0.05) is 4.83 Å². The number of hydrogen-bond donors (Lipinski definition) is 0. The summed E-state index contributed by atoms with van der Waals surface area (Å²) in [6.45, 7) is 2.10. The second-order valence-corrected chi connectivity index (χ2v) is 4.42. The Kier molecular flexibility index (Phi) is 2.63. The van der Waals surface area contributed by atoms with Crippen molar-refractivity contribution in [1.82, 2.24) is 14.8 Å². The maximum absolute atomic E-state index is 4.05. The molecule has 1 aromatic carbocycles. The molecular formula is C10H10BrN3. The summed E-state index contributed by atoms with van der Waals surface area (Å²) in [5.74, 6) is 0. The maximum Gasteiger partial charge on any atom is 0.138 e. The summed E-state index contributed by atoms with van der Waals surface area (Å²) < 4.78 is 1.74. The van der Waals surface area contributed by atoms with E-state index < -0.39 is 0 Å². The number of rotatable bonds is 2. The molecule has 0 spiro atoms. The molecule has 0 N–H and O–H groups in total. The Hall–Kier alpha value is -1.16. The van der Waals surface area contributed by atoms with Gasteiger partial charge in [-0.2, -0.15) is 5.10 Å². The standard InChI is InChI=1S/C10H10BrN3/c1-8(11)9-2-4-10(5-3-9)14-7-12-6-13-14/h2-8H,1H3. The van der Waals surface area contributed by atoms with Crippen LogP contribution in [0.25, 0.3) is 5.69 Å². The van der Waals surface area contributed by atoms with Crippen molar-refractivity contribution in [3.05, 3.63) is 42.5 Å². The van der Waals surface area contributed by atoms with Crippen molar-refractivity contribution in [3.63, 3.8) is 0 Å². The van der Waals surface area contributed by atoms with E-state index in [2.05, 4.69) is 45.1 Å². The quantitative estimate of drug-likeness (QED) is 0.769. The number of aromatic nitrogens is 3. The molecule has 0 fully saturated rings. The zero-order valence-corrected chi connectivity index (χ0v) is 9.35. The number of benzene rings is 1. The van der Waals surface area contributed by atoms with Crippen molar-refractivity contribution >= 4 is 15.9 Å². The van der Waals surface area contributed by atoms with Gasteiger partial charge in [0.2, 0.25) is 0 Å². The maximum atomic E-state index is 4.05. The van der Waals surface area contributed by atoms with E-state index in [4.69, 9.17) is 0 Å². The minimum Gasteiger partial charge on any atom is -0.223 e. The molecule has 0 aliphatic carbocycles. The molecule has 0 radical (unpaired) electrons. The van der Waals surface area contributed by atoms with E-state index in [1.54, 1.807) is 11.0 Å². The van der Waals surface area contributed by atoms with Crippen LogP contribution in [0.2, 0.25) is 0 Å². The lowest BCUT2D eigenvalue weighted by atomic mass is 10.1. The summed E-state index contributed by atoms with van der Waals surface area (Å²) in [7, 11) is 0. The Morgan fingerprint density at radius 2 is 2.00 bits per heavy atom. The van der Waals surface area contributed by atoms with Gasteiger partial charge in [0.15, 0.2) is 0 Å². The van der Waals surface area contributed by atoms with Gasteiger partial charge < -0.3 is 0 Å². The van der Waals surface area contributed by atoms with Gasteiger partial charge in [0.1, 0.15) is 12.7 Å². The fourth-order valence-electron chi connectivity index (χ4n) is 1.23. The number of alkyl halides is 1. The van der Waals surface area contributed by atoms with Crippen LogP contribution in [0.5, 0.6) is 0 Å². The van der Waals surface area contributed by atoms with Crippen LogP contribution in [0.15, 0.2) is 36.9 Å². The third-order valence-electron chi connectivity index (χ3n) is 2.04. The van der Waals surface area contributed by atoms with Gasteiger partial charge in [-0.05, 0) is 24.6 Å². The van der Waals surface area contributed by atoms with Crippen molar-refractivity contribution < 1.29 is 0 Å². The monoisotopic (exact) mass is 251 g/mol. The summed E-state index contributed by atoms with van der Waals surface area (Å²) in [5.41, 5.74) is 2.29. The average molecular weight is 252 g/mol. The molecule has 1 atom stereocenters. The first-order valence-electron chi connectivity index (χ1n) is 4.36. The van der Waals surface area contributed by atoms with E-state index in [1.807, 2.05) is 12.1 Å². The lowest BCUT2D eigenvalue weighted by Gasteiger charge is -2.04. The highest BCUT2D eigenvalue weighted by Gasteiger charge is 2.01. The fraction of sp³-hybridized carbons (Fsp3) is 0.200. The molecule has 0 aliphatic rings. The molecule has 72 valence electrons. The summed E-state index contributed by atoms with van der Waals surface area (Å²) >= 11 is 3.52. The molecular weight excluding hydrogens is 242 g/mol. The van der Waals surface area contributed by atoms with Crippen LogP contribution in [0.4, 0.5) is 0 Å². The third-order valence-corrected chi connectivity index (χ3v) is 2.56. The fourth-order valence-corrected chi connectivity index (χ4v) is 1.54. The Morgan fingerprint density at radius 1 is 1.29 bits per heavy atom. The van der Waals surface area contributed by atoms with Gasteiger partial charge in [-0.1, -0.05) is 28.1 Å². The molecule has 2 rings (SSSR count). The third kappa shape index (κ3) is 1.85. The second-order valence-electron chi connectivity index (χ2n) is 3.05. The molecule has 2 aromatic rings. The highest BCUT2D eigenvalue weighted by molar-refractivity contribution is 9.09. The zero-order valence-electron chi connectivity index (χ0n) is 7.76. The summed E-state index contributed by atoms with van der Waals surface area (Å²) in [5, 5.41) is 4.05. The van der Waals surface area contributed by atoms with E-state index >= 15 is 0 Å². The molecule has 14 heavy (non-hydrogen) atoms. The Bertz CT molecular complexity index is 392. The van der Waals surface area contributed by atoms with Crippen molar-refractivity contribution in [2.75, 3.05) is 0 Å². The summed E-state index contributed by atoms with van der Waals surface area (Å²) in [4.78, 5) is 4.28. The second kappa shape index (κ2) is 3.92. The van der Waals surface area contributed by atoms with Gasteiger partial charge >= 0.3 is 0 Å². The van der Waals surface area contributed by atoms with Gasteiger partial charge in [-0.15, -0.1) is 0 Å². The van der Waals surface area contributed by atoms with Gasteiger partial charge in [-0.25, -0.2) is 9.67 Å². The first-order valence-corrected chi connectivity index (χ1v) is 5.28. The van der Waals surface area contributed by atoms with E-state index in [0.29, 0.717) is 4.83 Å². The van der Waals surface area contributed by atoms with E-state index in [9.17, 15) is 0 Å². The van der Waals surface area contributed by atoms with Crippen molar-refractivity contribution in [1.29, 1.82) is 0 Å². The van der Waals surface area contributed by atoms with E-state index in [1.165, 1.54) is 11.9 Å². The van der Waals surface area contributed by atoms with Crippen LogP contribution in [0.3, 0.4) is 0 Å². The van der Waals surface area contributed by atoms with Crippen LogP contribution in [-0.4, -0.2) is 14.8 Å². The molecule has 0 bridgehead atoms. The van der Waals surface area contributed by atoms with Gasteiger partial charge in [0.25, 0.3) is 0 Å². The highest BCUT2D eigenvalue weighted by Crippen LogP contribution is 2.22. The van der Waals surface area contributed by atoms with Crippen molar-refractivity contribution in [2.45, 2.75) is 11.8 Å². The van der Waals surface area contributed by atoms with Crippen LogP contribution in [0.1, 0.15) is 17.3 Å². The summed E-state index contributed by atoms with van der Waals surface area (Å²) in [6, 6.07) is 8.22. The van der Waals surface area contributed by atoms with Crippen molar-refractivity contribution in [3.8, 4) is 5.69 Å². The van der Waals surface area contributed by atoms with Crippen LogP contribution in [-0.2, 0) is 0 Å². The van der Waals surface area contributed by atoms with Crippen LogP contribution in [0, 0.1) is 0 Å². The minimum atomic E-state index is 0.382. The first-order chi connectivity index (χ1) is 6.77. The lowest BCUT2D eigenvalue weighted by Crippen LogP contribution is -1.94. The molecule has 1 heterocycles. The van der Waals surface area contributed by atoms with Crippen LogP contribution < -0.4 is 0 Å². The first kappa shape index (κ1) is 9.40. The van der Waals surface area contributed by atoms with Crippen LogP contribution >= 0.6 is 15.9 Å². The average Bonchev–Trinajstić information content (AvgIpc) is 2.71. The SMILES string of the molecule is CC(Br)c1ccc(-n2cncn2)cc1. The lowest BCUT2D eigenvalue weighted by molar-refractivity contribution is 0.877. The number of hydrogen-bond acceptors (Lipinski definition) is 2. The molecule has 3 nitrogen and oxygen atoms in total. The molecule has 0 saturated heterocycles. The topological polar surface area (TPSA) is 30.7 Å². The number of halogens is 1. The normalized spacial score (nSPS) is 12.7. The zero-order chi connectivity index (χ0) is 9.97. The highest BCUT2D eigenvalue weighted by atomic mass is 79.9. The molecule has 0 aliphatic heterocycles. The minimum absolute atomic E-state index is 0.382. The molecule has 0 amide bonds. The molecule has 4 heteroatoms. The molecule has 1 unspecified atom stereocenters.